The van der Waals surface area contributed by atoms with Gasteiger partial charge in [0.05, 0.1) is 16.3 Å². The zero-order valence-electron chi connectivity index (χ0n) is 19.8. The van der Waals surface area contributed by atoms with Crippen molar-refractivity contribution in [1.82, 2.24) is 9.97 Å². The van der Waals surface area contributed by atoms with Crippen LogP contribution in [0.25, 0.3) is 10.8 Å². The number of amides is 1. The number of azo groups is 1. The van der Waals surface area contributed by atoms with Crippen molar-refractivity contribution in [2.45, 2.75) is 16.7 Å². The molecule has 4 aromatic rings. The zero-order valence-corrected chi connectivity index (χ0v) is 22.2. The Labute approximate surface area is 286 Å². The number of hydrogen-bond donors (Lipinski definition) is 4. The molecule has 0 saturated carbocycles. The molecule has 3 aromatic carbocycles. The summed E-state index contributed by atoms with van der Waals surface area (Å²) in [6, 6.07) is 9.56. The van der Waals surface area contributed by atoms with Gasteiger partial charge >= 0.3 is 65.2 Å². The molecule has 13 nitrogen and oxygen atoms in total. The van der Waals surface area contributed by atoms with E-state index in [1.165, 1.54) is 43.3 Å². The van der Waals surface area contributed by atoms with Gasteiger partial charge in [-0.1, -0.05) is 17.7 Å². The van der Waals surface area contributed by atoms with Gasteiger partial charge in [0, 0.05) is 18.0 Å². The Kier molecular flexibility index (Phi) is 12.1. The quantitative estimate of drug-likeness (QED) is 0.0741. The molecule has 0 spiro atoms. The second-order valence-electron chi connectivity index (χ2n) is 7.96. The van der Waals surface area contributed by atoms with Crippen LogP contribution in [0.5, 0.6) is 0 Å². The van der Waals surface area contributed by atoms with Crippen molar-refractivity contribution in [3.8, 4) is 0 Å². The minimum absolute atomic E-state index is 0. The Morgan fingerprint density at radius 1 is 0.929 bits per heavy atom. The van der Waals surface area contributed by atoms with E-state index in [-0.39, 0.29) is 98.5 Å². The molecule has 0 aliphatic carbocycles. The van der Waals surface area contributed by atoms with E-state index in [4.69, 9.17) is 11.6 Å². The minimum atomic E-state index is -4.92. The maximum absolute atomic E-state index is 13.6. The third-order valence-corrected chi connectivity index (χ3v) is 7.14. The van der Waals surface area contributed by atoms with Crippen molar-refractivity contribution in [1.29, 1.82) is 0 Å². The van der Waals surface area contributed by atoms with Crippen molar-refractivity contribution >= 4 is 136 Å². The summed E-state index contributed by atoms with van der Waals surface area (Å²) in [6.45, 7) is 1.22. The Balaban J connectivity index is 0.00000308. The third kappa shape index (κ3) is 8.70. The number of carbonyl (C=O) groups is 1. The number of carbonyl (C=O) groups excluding carboxylic acids is 1. The van der Waals surface area contributed by atoms with Crippen LogP contribution >= 0.6 is 11.6 Å². The summed E-state index contributed by atoms with van der Waals surface area (Å²) in [5.41, 5.74) is 0.459. The number of nitrogens with one attached hydrogen (secondary N) is 2. The molecular formula is C22H17ClF2N6Na2O7S2. The van der Waals surface area contributed by atoms with E-state index in [0.717, 1.165) is 6.07 Å². The first-order valence-corrected chi connectivity index (χ1v) is 13.9. The average Bonchev–Trinajstić information content (AvgIpc) is 2.84. The topological polar surface area (TPSA) is 200 Å². The van der Waals surface area contributed by atoms with Gasteiger partial charge in [0.15, 0.2) is 5.82 Å². The van der Waals surface area contributed by atoms with Crippen molar-refractivity contribution in [2.24, 2.45) is 10.2 Å². The second kappa shape index (κ2) is 14.1. The van der Waals surface area contributed by atoms with Crippen LogP contribution in [-0.2, 0) is 25.0 Å². The molecule has 212 valence electrons. The number of hydrogen-bond acceptors (Lipinski definition) is 10. The molecule has 0 fully saturated rings. The summed E-state index contributed by atoms with van der Waals surface area (Å²) in [7, 11) is -9.71. The van der Waals surface area contributed by atoms with Gasteiger partial charge in [-0.25, -0.2) is 0 Å². The van der Waals surface area contributed by atoms with Gasteiger partial charge in [0.1, 0.15) is 15.6 Å². The van der Waals surface area contributed by atoms with Crippen LogP contribution in [0.4, 0.5) is 37.3 Å². The molecule has 0 bridgehead atoms. The Morgan fingerprint density at radius 3 is 2.24 bits per heavy atom. The molecule has 0 aliphatic heterocycles. The van der Waals surface area contributed by atoms with Crippen molar-refractivity contribution in [3.05, 3.63) is 65.6 Å². The zero-order chi connectivity index (χ0) is 29.4. The number of rotatable bonds is 7. The molecule has 42 heavy (non-hydrogen) atoms. The molecule has 20 heteroatoms. The van der Waals surface area contributed by atoms with Gasteiger partial charge in [-0.05, 0) is 47.9 Å². The van der Waals surface area contributed by atoms with Crippen LogP contribution in [0, 0.1) is 12.0 Å². The molecule has 0 radical (unpaired) electrons. The molecule has 1 amide bonds. The van der Waals surface area contributed by atoms with Crippen molar-refractivity contribution in [3.63, 3.8) is 0 Å². The predicted molar refractivity (Wildman–Crippen MR) is 153 cm³/mol. The fourth-order valence-electron chi connectivity index (χ4n) is 3.43. The van der Waals surface area contributed by atoms with Gasteiger partial charge in [-0.2, -0.15) is 40.7 Å². The first kappa shape index (κ1) is 36.0. The molecule has 4 N–H and O–H groups in total. The Morgan fingerprint density at radius 2 is 1.62 bits per heavy atom. The number of nitrogens with zero attached hydrogens (tertiary/aromatic N) is 4. The van der Waals surface area contributed by atoms with Crippen LogP contribution in [-0.4, -0.2) is 101 Å². The first-order chi connectivity index (χ1) is 18.6. The van der Waals surface area contributed by atoms with Gasteiger partial charge in [0.2, 0.25) is 11.9 Å². The summed E-state index contributed by atoms with van der Waals surface area (Å²) in [5, 5.41) is 12.5. The predicted octanol–water partition coefficient (Wildman–Crippen LogP) is 3.88. The number of aromatic nitrogens is 2. The molecule has 0 aliphatic rings. The molecule has 0 atom stereocenters. The van der Waals surface area contributed by atoms with Crippen LogP contribution in [0.3, 0.4) is 0 Å². The fourth-order valence-corrected chi connectivity index (χ4v) is 4.91. The van der Waals surface area contributed by atoms with E-state index in [2.05, 4.69) is 30.8 Å². The molecule has 4 rings (SSSR count). The standard InChI is InChI=1S/C22H15ClF2N6O7S2.2Na.2H/c1-10(32)26-17-8-12(27-21-19(23)20(24)28-22(25)29-21)4-5-16(17)31-30-13-3-2-11-6-14(39(33,34)35)9-18(15(11)7-13)40(36,37)38;;;;/h2-9H,1H3,(H,26,32)(H,27,28,29)(H,33,34,35)(H,36,37,38);;;;. The number of benzene rings is 3. The number of halogens is 3. The van der Waals surface area contributed by atoms with E-state index < -0.39 is 53.0 Å². The van der Waals surface area contributed by atoms with Gasteiger partial charge < -0.3 is 10.6 Å². The van der Waals surface area contributed by atoms with Gasteiger partial charge in [0.25, 0.3) is 20.2 Å². The maximum atomic E-state index is 13.6. The van der Waals surface area contributed by atoms with E-state index in [1.807, 2.05) is 0 Å². The molecule has 1 heterocycles. The van der Waals surface area contributed by atoms with Crippen LogP contribution in [0.1, 0.15) is 6.92 Å². The second-order valence-corrected chi connectivity index (χ2v) is 11.2. The Bertz CT molecular complexity index is 1950. The van der Waals surface area contributed by atoms with E-state index in [1.54, 1.807) is 0 Å². The summed E-state index contributed by atoms with van der Waals surface area (Å²) in [6.07, 6.45) is -1.36. The fraction of sp³-hybridized carbons (Fsp3) is 0.0455. The summed E-state index contributed by atoms with van der Waals surface area (Å²) in [4.78, 5) is 16.5. The number of fused-ring (bicyclic) bond motifs is 1. The van der Waals surface area contributed by atoms with Gasteiger partial charge in [-0.3, -0.25) is 13.9 Å². The normalized spacial score (nSPS) is 11.6. The molecule has 0 saturated heterocycles. The summed E-state index contributed by atoms with van der Waals surface area (Å²) >= 11 is 5.77. The summed E-state index contributed by atoms with van der Waals surface area (Å²) in [5.74, 6) is -2.16. The van der Waals surface area contributed by atoms with E-state index in [0.29, 0.717) is 6.07 Å². The summed E-state index contributed by atoms with van der Waals surface area (Å²) < 4.78 is 92.9. The first-order valence-electron chi connectivity index (χ1n) is 10.6. The van der Waals surface area contributed by atoms with E-state index >= 15 is 0 Å². The molecular weight excluding hydrogens is 644 g/mol. The monoisotopic (exact) mass is 660 g/mol. The van der Waals surface area contributed by atoms with Crippen molar-refractivity contribution in [2.75, 3.05) is 10.6 Å². The van der Waals surface area contributed by atoms with E-state index in [9.17, 15) is 39.5 Å². The van der Waals surface area contributed by atoms with Crippen LogP contribution in [0.2, 0.25) is 5.02 Å². The third-order valence-electron chi connectivity index (χ3n) is 5.08. The number of anilines is 3. The van der Waals surface area contributed by atoms with Crippen LogP contribution in [0.15, 0.2) is 68.6 Å². The van der Waals surface area contributed by atoms with Crippen molar-refractivity contribution < 1.29 is 39.5 Å². The Hall–Kier alpha value is -2.16. The van der Waals surface area contributed by atoms with Gasteiger partial charge in [-0.15, -0.1) is 5.11 Å². The average molecular weight is 661 g/mol. The SMILES string of the molecule is CC(=O)Nc1cc(Nc2nc(F)nc(F)c2Cl)ccc1N=Nc1ccc2cc(S(=O)(=O)O)cc(S(=O)(=O)O)c2c1.[NaH].[NaH]. The van der Waals surface area contributed by atoms with Crippen LogP contribution < -0.4 is 10.6 Å². The molecule has 1 aromatic heterocycles. The molecule has 0 unspecified atom stereocenters.